The number of carbonyl (C=O) groups is 2. The van der Waals surface area contributed by atoms with E-state index >= 15 is 0 Å². The van der Waals surface area contributed by atoms with Gasteiger partial charge in [0.15, 0.2) is 6.61 Å². The highest BCUT2D eigenvalue weighted by atomic mass is 35.5. The molecule has 0 spiro atoms. The maximum absolute atomic E-state index is 12.9. The Bertz CT molecular complexity index is 1250. The molecule has 0 aromatic heterocycles. The molecule has 0 heterocycles. The van der Waals surface area contributed by atoms with Crippen molar-refractivity contribution >= 4 is 39.1 Å². The lowest BCUT2D eigenvalue weighted by Gasteiger charge is -2.13. The number of amides is 2. The van der Waals surface area contributed by atoms with Crippen molar-refractivity contribution in [2.24, 2.45) is 0 Å². The zero-order chi connectivity index (χ0) is 23.8. The van der Waals surface area contributed by atoms with Gasteiger partial charge in [0.2, 0.25) is 0 Å². The van der Waals surface area contributed by atoms with Gasteiger partial charge in [-0.15, -0.1) is 0 Å². The number of benzene rings is 3. The summed E-state index contributed by atoms with van der Waals surface area (Å²) in [4.78, 5) is 24.0. The summed E-state index contributed by atoms with van der Waals surface area (Å²) in [6.45, 7) is -0.326. The molecule has 2 amide bonds. The number of sulfonamides is 1. The number of hydrogen-bond acceptors (Lipinski definition) is 6. The summed E-state index contributed by atoms with van der Waals surface area (Å²) in [6.07, 6.45) is 0. The van der Waals surface area contributed by atoms with Crippen molar-refractivity contribution in [1.82, 2.24) is 10.9 Å². The molecule has 3 aromatic carbocycles. The predicted molar refractivity (Wildman–Crippen MR) is 123 cm³/mol. The minimum atomic E-state index is -4.15. The van der Waals surface area contributed by atoms with Crippen LogP contribution in [0.2, 0.25) is 5.02 Å². The van der Waals surface area contributed by atoms with Crippen LogP contribution in [0.25, 0.3) is 0 Å². The van der Waals surface area contributed by atoms with Gasteiger partial charge in [-0.3, -0.25) is 25.2 Å². The van der Waals surface area contributed by atoms with Crippen LogP contribution in [0.1, 0.15) is 10.4 Å². The molecule has 3 rings (SSSR count). The number of ether oxygens (including phenoxy) is 2. The maximum atomic E-state index is 12.9. The van der Waals surface area contributed by atoms with Crippen LogP contribution in [0.4, 0.5) is 5.69 Å². The van der Waals surface area contributed by atoms with Crippen LogP contribution >= 0.6 is 11.6 Å². The van der Waals surface area contributed by atoms with E-state index in [1.807, 2.05) is 0 Å². The zero-order valence-corrected chi connectivity index (χ0v) is 18.9. The number of methoxy groups -OCH3 is 1. The minimum Gasteiger partial charge on any atom is -0.495 e. The number of carbonyl (C=O) groups excluding carboxylic acids is 2. The molecule has 0 aliphatic heterocycles. The molecule has 0 aliphatic rings. The number of halogens is 1. The van der Waals surface area contributed by atoms with Crippen LogP contribution in [-0.4, -0.2) is 33.9 Å². The van der Waals surface area contributed by atoms with E-state index in [0.29, 0.717) is 11.5 Å². The molecule has 9 nitrogen and oxygen atoms in total. The smallest absolute Gasteiger partial charge is 0.276 e. The first kappa shape index (κ1) is 23.9. The Balaban J connectivity index is 1.67. The summed E-state index contributed by atoms with van der Waals surface area (Å²) in [5.74, 6) is -0.541. The lowest BCUT2D eigenvalue weighted by Crippen LogP contribution is -2.43. The summed E-state index contributed by atoms with van der Waals surface area (Å²) in [6, 6.07) is 18.8. The fraction of sp³-hybridized carbons (Fsp3) is 0.0909. The second kappa shape index (κ2) is 10.7. The number of hydrazine groups is 1. The molecule has 0 bridgehead atoms. The van der Waals surface area contributed by atoms with Gasteiger partial charge >= 0.3 is 0 Å². The minimum absolute atomic E-state index is 0.0379. The lowest BCUT2D eigenvalue weighted by atomic mass is 10.2. The molecule has 0 unspecified atom stereocenters. The second-order valence-electron chi connectivity index (χ2n) is 6.56. The normalized spacial score (nSPS) is 10.7. The molecule has 0 saturated heterocycles. The van der Waals surface area contributed by atoms with Crippen molar-refractivity contribution in [3.63, 3.8) is 0 Å². The highest BCUT2D eigenvalue weighted by molar-refractivity contribution is 7.92. The molecular weight excluding hydrogens is 470 g/mol. The van der Waals surface area contributed by atoms with Crippen molar-refractivity contribution in [1.29, 1.82) is 0 Å². The standard InChI is InChI=1S/C22H20ClN3O6S/c1-31-19-10-6-5-9-18(19)26-33(29,30)20-13-15(11-12-17(20)23)22(28)25-24-21(27)14-32-16-7-3-2-4-8-16/h2-13,26H,14H2,1H3,(H,24,27)(H,25,28). The van der Waals surface area contributed by atoms with E-state index in [1.165, 1.54) is 25.3 Å². The Morgan fingerprint density at radius 3 is 2.36 bits per heavy atom. The van der Waals surface area contributed by atoms with Crippen molar-refractivity contribution in [2.45, 2.75) is 4.90 Å². The molecule has 33 heavy (non-hydrogen) atoms. The van der Waals surface area contributed by atoms with Gasteiger partial charge in [-0.1, -0.05) is 41.9 Å². The van der Waals surface area contributed by atoms with E-state index in [2.05, 4.69) is 15.6 Å². The number of hydrogen-bond donors (Lipinski definition) is 3. The van der Waals surface area contributed by atoms with E-state index in [9.17, 15) is 18.0 Å². The molecule has 0 fully saturated rings. The SMILES string of the molecule is COc1ccccc1NS(=O)(=O)c1cc(C(=O)NNC(=O)COc2ccccc2)ccc1Cl. The van der Waals surface area contributed by atoms with Gasteiger partial charge in [0.05, 0.1) is 17.8 Å². The number of nitrogens with one attached hydrogen (secondary N) is 3. The highest BCUT2D eigenvalue weighted by Crippen LogP contribution is 2.29. The predicted octanol–water partition coefficient (Wildman–Crippen LogP) is 2.99. The highest BCUT2D eigenvalue weighted by Gasteiger charge is 2.22. The van der Waals surface area contributed by atoms with E-state index in [0.717, 1.165) is 6.07 Å². The Kier molecular flexibility index (Phi) is 7.75. The summed E-state index contributed by atoms with van der Waals surface area (Å²) in [5.41, 5.74) is 4.57. The lowest BCUT2D eigenvalue weighted by molar-refractivity contribution is -0.123. The summed E-state index contributed by atoms with van der Waals surface area (Å²) in [7, 11) is -2.75. The van der Waals surface area contributed by atoms with E-state index in [4.69, 9.17) is 21.1 Å². The van der Waals surface area contributed by atoms with Gasteiger partial charge in [-0.25, -0.2) is 8.42 Å². The fourth-order valence-corrected chi connectivity index (χ4v) is 4.28. The quantitative estimate of drug-likeness (QED) is 0.418. The largest absolute Gasteiger partial charge is 0.495 e. The monoisotopic (exact) mass is 489 g/mol. The third-order valence-electron chi connectivity index (χ3n) is 4.26. The number of para-hydroxylation sites is 3. The van der Waals surface area contributed by atoms with Gasteiger partial charge in [-0.2, -0.15) is 0 Å². The molecule has 0 aliphatic carbocycles. The number of rotatable bonds is 8. The van der Waals surface area contributed by atoms with E-state index in [-0.39, 0.29) is 27.8 Å². The maximum Gasteiger partial charge on any atom is 0.276 e. The van der Waals surface area contributed by atoms with Gasteiger partial charge in [0, 0.05) is 5.56 Å². The van der Waals surface area contributed by atoms with Crippen molar-refractivity contribution in [3.05, 3.63) is 83.4 Å². The Hall–Kier alpha value is -3.76. The van der Waals surface area contributed by atoms with Gasteiger partial charge in [0.1, 0.15) is 16.4 Å². The average molecular weight is 490 g/mol. The van der Waals surface area contributed by atoms with Crippen LogP contribution in [0.3, 0.4) is 0 Å². The molecular formula is C22H20ClN3O6S. The third kappa shape index (κ3) is 6.37. The topological polar surface area (TPSA) is 123 Å². The summed E-state index contributed by atoms with van der Waals surface area (Å²) in [5, 5.41) is -0.0887. The third-order valence-corrected chi connectivity index (χ3v) is 6.11. The second-order valence-corrected chi connectivity index (χ2v) is 8.61. The molecule has 172 valence electrons. The average Bonchev–Trinajstić information content (AvgIpc) is 2.82. The molecule has 11 heteroatoms. The van der Waals surface area contributed by atoms with E-state index < -0.39 is 21.8 Å². The Morgan fingerprint density at radius 1 is 0.939 bits per heavy atom. The van der Waals surface area contributed by atoms with Crippen LogP contribution < -0.4 is 25.0 Å². The Morgan fingerprint density at radius 2 is 1.64 bits per heavy atom. The van der Waals surface area contributed by atoms with Crippen LogP contribution in [0.5, 0.6) is 11.5 Å². The zero-order valence-electron chi connectivity index (χ0n) is 17.4. The first-order valence-corrected chi connectivity index (χ1v) is 11.4. The molecule has 3 aromatic rings. The van der Waals surface area contributed by atoms with Crippen molar-refractivity contribution in [3.8, 4) is 11.5 Å². The summed E-state index contributed by atoms with van der Waals surface area (Å²) < 4.78 is 38.6. The van der Waals surface area contributed by atoms with Gasteiger partial charge in [0.25, 0.3) is 21.8 Å². The molecule has 3 N–H and O–H groups in total. The number of anilines is 1. The van der Waals surface area contributed by atoms with Crippen LogP contribution in [0, 0.1) is 0 Å². The van der Waals surface area contributed by atoms with Crippen molar-refractivity contribution in [2.75, 3.05) is 18.4 Å². The summed E-state index contributed by atoms with van der Waals surface area (Å²) >= 11 is 6.08. The molecule has 0 radical (unpaired) electrons. The van der Waals surface area contributed by atoms with E-state index in [1.54, 1.807) is 48.5 Å². The first-order chi connectivity index (χ1) is 15.8. The van der Waals surface area contributed by atoms with Gasteiger partial charge < -0.3 is 9.47 Å². The molecule has 0 atom stereocenters. The molecule has 0 saturated carbocycles. The van der Waals surface area contributed by atoms with Gasteiger partial charge in [-0.05, 0) is 42.5 Å². The van der Waals surface area contributed by atoms with Crippen molar-refractivity contribution < 1.29 is 27.5 Å². The van der Waals surface area contributed by atoms with Crippen LogP contribution in [0.15, 0.2) is 77.7 Å². The Labute approximate surface area is 195 Å². The first-order valence-electron chi connectivity index (χ1n) is 9.52. The fourth-order valence-electron chi connectivity index (χ4n) is 2.68. The van der Waals surface area contributed by atoms with Crippen LogP contribution in [-0.2, 0) is 14.8 Å².